The van der Waals surface area contributed by atoms with Gasteiger partial charge in [0.2, 0.25) is 0 Å². The number of nitrogens with zero attached hydrogens (tertiary/aromatic N) is 2. The third-order valence-corrected chi connectivity index (χ3v) is 3.30. The zero-order valence-corrected chi connectivity index (χ0v) is 11.5. The van der Waals surface area contributed by atoms with E-state index in [0.717, 1.165) is 64.9 Å². The number of piperazine rings is 1. The summed E-state index contributed by atoms with van der Waals surface area (Å²) in [5.74, 6) is 0.745. The highest BCUT2D eigenvalue weighted by Gasteiger charge is 2.15. The highest BCUT2D eigenvalue weighted by atomic mass is 16.5. The van der Waals surface area contributed by atoms with Crippen molar-refractivity contribution in [1.29, 1.82) is 0 Å². The molecule has 0 spiro atoms. The molecule has 0 aromatic rings. The predicted octanol–water partition coefficient (Wildman–Crippen LogP) is 0.625. The first kappa shape index (κ1) is 14.9. The van der Waals surface area contributed by atoms with Gasteiger partial charge >= 0.3 is 0 Å². The fraction of sp³-hybridized carbons (Fsp3) is 1.00. The summed E-state index contributed by atoms with van der Waals surface area (Å²) < 4.78 is 5.65. The minimum Gasteiger partial charge on any atom is -0.380 e. The van der Waals surface area contributed by atoms with Crippen LogP contribution < -0.4 is 5.73 Å². The van der Waals surface area contributed by atoms with Crippen molar-refractivity contribution in [2.24, 2.45) is 11.7 Å². The maximum atomic E-state index is 5.65. The second-order valence-electron chi connectivity index (χ2n) is 5.27. The molecular weight excluding hydrogens is 214 g/mol. The number of hydrogen-bond acceptors (Lipinski definition) is 4. The molecule has 0 saturated carbocycles. The van der Waals surface area contributed by atoms with Crippen LogP contribution in [-0.4, -0.2) is 68.8 Å². The average Bonchev–Trinajstić information content (AvgIpc) is 2.31. The lowest BCUT2D eigenvalue weighted by Gasteiger charge is -2.34. The first-order valence-corrected chi connectivity index (χ1v) is 6.95. The number of hydrogen-bond donors (Lipinski definition) is 1. The van der Waals surface area contributed by atoms with Crippen LogP contribution in [0, 0.1) is 5.92 Å². The van der Waals surface area contributed by atoms with Gasteiger partial charge < -0.3 is 10.5 Å². The van der Waals surface area contributed by atoms with Crippen molar-refractivity contribution in [3.8, 4) is 0 Å². The Balaban J connectivity index is 1.95. The van der Waals surface area contributed by atoms with Gasteiger partial charge in [0.15, 0.2) is 0 Å². The largest absolute Gasteiger partial charge is 0.380 e. The second-order valence-corrected chi connectivity index (χ2v) is 5.27. The molecule has 4 nitrogen and oxygen atoms in total. The van der Waals surface area contributed by atoms with E-state index < -0.39 is 0 Å². The van der Waals surface area contributed by atoms with Crippen LogP contribution in [0.4, 0.5) is 0 Å². The molecule has 1 aliphatic heterocycles. The third-order valence-electron chi connectivity index (χ3n) is 3.30. The van der Waals surface area contributed by atoms with Crippen molar-refractivity contribution >= 4 is 0 Å². The third kappa shape index (κ3) is 6.99. The summed E-state index contributed by atoms with van der Waals surface area (Å²) in [5, 5.41) is 0. The van der Waals surface area contributed by atoms with E-state index in [1.165, 1.54) is 6.42 Å². The van der Waals surface area contributed by atoms with Gasteiger partial charge in [0.1, 0.15) is 0 Å². The normalized spacial score (nSPS) is 19.1. The van der Waals surface area contributed by atoms with Crippen molar-refractivity contribution in [3.05, 3.63) is 0 Å². The maximum absolute atomic E-state index is 5.65. The molecule has 1 fully saturated rings. The summed E-state index contributed by atoms with van der Waals surface area (Å²) in [6.07, 6.45) is 1.17. The Hall–Kier alpha value is -0.160. The van der Waals surface area contributed by atoms with Crippen LogP contribution in [0.15, 0.2) is 0 Å². The Morgan fingerprint density at radius 2 is 1.59 bits per heavy atom. The van der Waals surface area contributed by atoms with Crippen molar-refractivity contribution in [2.45, 2.75) is 20.3 Å². The van der Waals surface area contributed by atoms with Gasteiger partial charge in [0.25, 0.3) is 0 Å². The molecule has 0 aliphatic carbocycles. The molecule has 17 heavy (non-hydrogen) atoms. The topological polar surface area (TPSA) is 41.7 Å². The highest BCUT2D eigenvalue weighted by molar-refractivity contribution is 4.71. The lowest BCUT2D eigenvalue weighted by molar-refractivity contribution is 0.0721. The Labute approximate surface area is 106 Å². The summed E-state index contributed by atoms with van der Waals surface area (Å²) >= 11 is 0. The number of rotatable bonds is 8. The molecule has 0 bridgehead atoms. The zero-order chi connectivity index (χ0) is 12.5. The van der Waals surface area contributed by atoms with Crippen molar-refractivity contribution < 1.29 is 4.74 Å². The Kier molecular flexibility index (Phi) is 7.77. The molecule has 1 rings (SSSR count). The van der Waals surface area contributed by atoms with Gasteiger partial charge in [-0.05, 0) is 12.3 Å². The van der Waals surface area contributed by atoms with Crippen LogP contribution in [0.5, 0.6) is 0 Å². The molecule has 1 aliphatic rings. The van der Waals surface area contributed by atoms with E-state index in [9.17, 15) is 0 Å². The van der Waals surface area contributed by atoms with Gasteiger partial charge in [0.05, 0.1) is 6.61 Å². The van der Waals surface area contributed by atoms with Crippen LogP contribution in [0.25, 0.3) is 0 Å². The first-order chi connectivity index (χ1) is 8.22. The Morgan fingerprint density at radius 3 is 2.12 bits per heavy atom. The van der Waals surface area contributed by atoms with Gasteiger partial charge in [-0.1, -0.05) is 13.8 Å². The average molecular weight is 243 g/mol. The van der Waals surface area contributed by atoms with E-state index in [-0.39, 0.29) is 0 Å². The first-order valence-electron chi connectivity index (χ1n) is 6.95. The van der Waals surface area contributed by atoms with Gasteiger partial charge in [-0.2, -0.15) is 0 Å². The van der Waals surface area contributed by atoms with E-state index in [4.69, 9.17) is 10.5 Å². The maximum Gasteiger partial charge on any atom is 0.0593 e. The SMILES string of the molecule is CC(C)CCOCCN1CCN(CCN)CC1. The van der Waals surface area contributed by atoms with Crippen molar-refractivity contribution in [1.82, 2.24) is 9.80 Å². The smallest absolute Gasteiger partial charge is 0.0593 e. The fourth-order valence-electron chi connectivity index (χ4n) is 2.03. The fourth-order valence-corrected chi connectivity index (χ4v) is 2.03. The van der Waals surface area contributed by atoms with Crippen LogP contribution >= 0.6 is 0 Å². The molecular formula is C13H29N3O. The van der Waals surface area contributed by atoms with Gasteiger partial charge in [0, 0.05) is 52.4 Å². The molecule has 0 amide bonds. The highest BCUT2D eigenvalue weighted by Crippen LogP contribution is 2.02. The summed E-state index contributed by atoms with van der Waals surface area (Å²) in [4.78, 5) is 4.93. The van der Waals surface area contributed by atoms with E-state index in [1.807, 2.05) is 0 Å². The molecule has 0 aromatic heterocycles. The molecule has 0 unspecified atom stereocenters. The summed E-state index contributed by atoms with van der Waals surface area (Å²) in [5.41, 5.74) is 5.56. The van der Waals surface area contributed by atoms with Crippen LogP contribution in [0.2, 0.25) is 0 Å². The molecule has 0 aromatic carbocycles. The Morgan fingerprint density at radius 1 is 1.00 bits per heavy atom. The quantitative estimate of drug-likeness (QED) is 0.635. The van der Waals surface area contributed by atoms with Gasteiger partial charge in [-0.15, -0.1) is 0 Å². The van der Waals surface area contributed by atoms with Crippen LogP contribution in [-0.2, 0) is 4.74 Å². The molecule has 4 heteroatoms. The van der Waals surface area contributed by atoms with E-state index in [2.05, 4.69) is 23.6 Å². The van der Waals surface area contributed by atoms with Crippen molar-refractivity contribution in [2.75, 3.05) is 59.0 Å². The molecule has 102 valence electrons. The minimum atomic E-state index is 0.745. The standard InChI is InChI=1S/C13H29N3O/c1-13(2)3-11-17-12-10-16-8-6-15(5-4-14)7-9-16/h13H,3-12,14H2,1-2H3. The predicted molar refractivity (Wildman–Crippen MR) is 72.2 cm³/mol. The van der Waals surface area contributed by atoms with E-state index >= 15 is 0 Å². The van der Waals surface area contributed by atoms with Crippen molar-refractivity contribution in [3.63, 3.8) is 0 Å². The second kappa shape index (κ2) is 8.86. The lowest BCUT2D eigenvalue weighted by Crippen LogP contribution is -2.48. The summed E-state index contributed by atoms with van der Waals surface area (Å²) in [6.45, 7) is 13.8. The zero-order valence-electron chi connectivity index (χ0n) is 11.5. The van der Waals surface area contributed by atoms with Crippen LogP contribution in [0.3, 0.4) is 0 Å². The van der Waals surface area contributed by atoms with Crippen LogP contribution in [0.1, 0.15) is 20.3 Å². The Bertz CT molecular complexity index is 180. The monoisotopic (exact) mass is 243 g/mol. The summed E-state index contributed by atoms with van der Waals surface area (Å²) in [7, 11) is 0. The number of nitrogens with two attached hydrogens (primary N) is 1. The molecule has 0 atom stereocenters. The lowest BCUT2D eigenvalue weighted by atomic mass is 10.1. The molecule has 2 N–H and O–H groups in total. The van der Waals surface area contributed by atoms with E-state index in [0.29, 0.717) is 0 Å². The van der Waals surface area contributed by atoms with E-state index in [1.54, 1.807) is 0 Å². The molecule has 0 radical (unpaired) electrons. The molecule has 1 saturated heterocycles. The summed E-state index contributed by atoms with van der Waals surface area (Å²) in [6, 6.07) is 0. The van der Waals surface area contributed by atoms with Gasteiger partial charge in [-0.3, -0.25) is 9.80 Å². The van der Waals surface area contributed by atoms with Gasteiger partial charge in [-0.25, -0.2) is 0 Å². The minimum absolute atomic E-state index is 0.745. The number of ether oxygens (including phenoxy) is 1. The molecule has 1 heterocycles.